The Morgan fingerprint density at radius 2 is 1.93 bits per heavy atom. The fourth-order valence-corrected chi connectivity index (χ4v) is 4.24. The van der Waals surface area contributed by atoms with Gasteiger partial charge in [-0.15, -0.1) is 10.2 Å². The maximum Gasteiger partial charge on any atom is 0.261 e. The number of nitrogens with zero attached hydrogens (tertiary/aromatic N) is 2. The molecule has 7 nitrogen and oxygen atoms in total. The predicted molar refractivity (Wildman–Crippen MR) is 121 cm³/mol. The van der Waals surface area contributed by atoms with E-state index in [-0.39, 0.29) is 11.7 Å². The van der Waals surface area contributed by atoms with Gasteiger partial charge in [-0.2, -0.15) is 0 Å². The number of amides is 2. The molecule has 0 unspecified atom stereocenters. The molecular formula is C20H19ClN4O3S2. The molecule has 0 aliphatic carbocycles. The number of ether oxygens (including phenoxy) is 1. The number of aromatic nitrogens is 2. The average Bonchev–Trinajstić information content (AvgIpc) is 3.16. The van der Waals surface area contributed by atoms with Crippen molar-refractivity contribution >= 4 is 57.3 Å². The van der Waals surface area contributed by atoms with Gasteiger partial charge in [-0.25, -0.2) is 0 Å². The van der Waals surface area contributed by atoms with Crippen molar-refractivity contribution in [3.8, 4) is 5.75 Å². The number of anilines is 2. The van der Waals surface area contributed by atoms with Gasteiger partial charge < -0.3 is 10.1 Å². The summed E-state index contributed by atoms with van der Waals surface area (Å²) in [4.78, 5) is 24.8. The molecule has 0 saturated carbocycles. The van der Waals surface area contributed by atoms with E-state index in [1.807, 2.05) is 32.0 Å². The minimum atomic E-state index is -0.408. The minimum Gasteiger partial charge on any atom is -0.496 e. The van der Waals surface area contributed by atoms with Gasteiger partial charge in [0, 0.05) is 10.7 Å². The lowest BCUT2D eigenvalue weighted by Crippen LogP contribution is -2.14. The standard InChI is InChI=1S/C20H19ClN4O3S2/c1-11-4-5-12(2)15(8-11)22-17(26)10-29-20-25-24-19(30-20)23-18(27)14-9-13(21)6-7-16(14)28-3/h4-9H,10H2,1-3H3,(H,22,26)(H,23,24,27). The predicted octanol–water partition coefficient (Wildman–Crippen LogP) is 4.80. The van der Waals surface area contributed by atoms with E-state index in [4.69, 9.17) is 16.3 Å². The lowest BCUT2D eigenvalue weighted by Gasteiger charge is -2.08. The molecule has 30 heavy (non-hydrogen) atoms. The molecule has 3 aromatic rings. The summed E-state index contributed by atoms with van der Waals surface area (Å²) < 4.78 is 5.76. The van der Waals surface area contributed by atoms with Crippen LogP contribution in [0.1, 0.15) is 21.5 Å². The molecule has 3 rings (SSSR count). The first kappa shape index (κ1) is 22.1. The third-order valence-corrected chi connectivity index (χ3v) is 6.23. The van der Waals surface area contributed by atoms with Crippen LogP contribution in [0.25, 0.3) is 0 Å². The number of carbonyl (C=O) groups is 2. The van der Waals surface area contributed by atoms with E-state index in [1.165, 1.54) is 36.3 Å². The molecule has 0 fully saturated rings. The molecule has 0 aliphatic heterocycles. The summed E-state index contributed by atoms with van der Waals surface area (Å²) in [6.07, 6.45) is 0. The number of benzene rings is 2. The summed E-state index contributed by atoms with van der Waals surface area (Å²) in [6.45, 7) is 3.91. The number of halogens is 1. The molecule has 10 heteroatoms. The van der Waals surface area contributed by atoms with Gasteiger partial charge in [-0.3, -0.25) is 14.9 Å². The van der Waals surface area contributed by atoms with Gasteiger partial charge in [-0.05, 0) is 49.2 Å². The zero-order valence-corrected chi connectivity index (χ0v) is 18.9. The molecule has 1 aromatic heterocycles. The maximum atomic E-state index is 12.5. The van der Waals surface area contributed by atoms with Crippen molar-refractivity contribution in [1.82, 2.24) is 10.2 Å². The molecule has 2 N–H and O–H groups in total. The third kappa shape index (κ3) is 5.71. The van der Waals surface area contributed by atoms with Crippen molar-refractivity contribution in [3.63, 3.8) is 0 Å². The lowest BCUT2D eigenvalue weighted by atomic mass is 10.1. The van der Waals surface area contributed by atoms with Crippen LogP contribution in [0.4, 0.5) is 10.8 Å². The number of thioether (sulfide) groups is 1. The van der Waals surface area contributed by atoms with Crippen LogP contribution in [-0.2, 0) is 4.79 Å². The van der Waals surface area contributed by atoms with Crippen LogP contribution in [0.15, 0.2) is 40.7 Å². The van der Waals surface area contributed by atoms with Gasteiger partial charge in [0.2, 0.25) is 11.0 Å². The average molecular weight is 463 g/mol. The first-order chi connectivity index (χ1) is 14.4. The smallest absolute Gasteiger partial charge is 0.261 e. The number of hydrogen-bond acceptors (Lipinski definition) is 7. The van der Waals surface area contributed by atoms with E-state index in [0.717, 1.165) is 16.8 Å². The van der Waals surface area contributed by atoms with E-state index in [1.54, 1.807) is 12.1 Å². The Morgan fingerprint density at radius 1 is 1.13 bits per heavy atom. The Labute approximate surface area is 187 Å². The first-order valence-electron chi connectivity index (χ1n) is 8.84. The van der Waals surface area contributed by atoms with Crippen LogP contribution in [0.2, 0.25) is 5.02 Å². The summed E-state index contributed by atoms with van der Waals surface area (Å²) in [5.74, 6) is 0.0323. The highest BCUT2D eigenvalue weighted by Crippen LogP contribution is 2.28. The zero-order valence-electron chi connectivity index (χ0n) is 16.5. The van der Waals surface area contributed by atoms with Gasteiger partial charge in [-0.1, -0.05) is 46.8 Å². The molecule has 0 spiro atoms. The monoisotopic (exact) mass is 462 g/mol. The molecule has 0 radical (unpaired) electrons. The molecule has 1 heterocycles. The molecule has 156 valence electrons. The van der Waals surface area contributed by atoms with Crippen molar-refractivity contribution < 1.29 is 14.3 Å². The minimum absolute atomic E-state index is 0.141. The molecule has 0 atom stereocenters. The van der Waals surface area contributed by atoms with Crippen LogP contribution in [0, 0.1) is 13.8 Å². The summed E-state index contributed by atoms with van der Waals surface area (Å²) in [5, 5.41) is 14.3. The van der Waals surface area contributed by atoms with Crippen molar-refractivity contribution in [2.75, 3.05) is 23.5 Å². The summed E-state index contributed by atoms with van der Waals surface area (Å²) in [7, 11) is 1.48. The molecule has 0 bridgehead atoms. The van der Waals surface area contributed by atoms with Crippen molar-refractivity contribution in [1.29, 1.82) is 0 Å². The second-order valence-corrected chi connectivity index (χ2v) is 8.96. The van der Waals surface area contributed by atoms with Crippen LogP contribution < -0.4 is 15.4 Å². The highest BCUT2D eigenvalue weighted by molar-refractivity contribution is 8.01. The van der Waals surface area contributed by atoms with Crippen LogP contribution in [-0.4, -0.2) is 34.9 Å². The fraction of sp³-hybridized carbons (Fsp3) is 0.200. The van der Waals surface area contributed by atoms with E-state index < -0.39 is 5.91 Å². The second-order valence-electron chi connectivity index (χ2n) is 6.33. The highest BCUT2D eigenvalue weighted by atomic mass is 35.5. The SMILES string of the molecule is COc1ccc(Cl)cc1C(=O)Nc1nnc(SCC(=O)Nc2cc(C)ccc2C)s1. The Morgan fingerprint density at radius 3 is 2.70 bits per heavy atom. The topological polar surface area (TPSA) is 93.2 Å². The van der Waals surface area contributed by atoms with E-state index in [0.29, 0.717) is 25.8 Å². The summed E-state index contributed by atoms with van der Waals surface area (Å²) in [6, 6.07) is 10.7. The number of methoxy groups -OCH3 is 1. The number of hydrogen-bond donors (Lipinski definition) is 2. The van der Waals surface area contributed by atoms with Crippen molar-refractivity contribution in [3.05, 3.63) is 58.1 Å². The number of aryl methyl sites for hydroxylation is 2. The van der Waals surface area contributed by atoms with Crippen molar-refractivity contribution in [2.45, 2.75) is 18.2 Å². The quantitative estimate of drug-likeness (QED) is 0.387. The Kier molecular flexibility index (Phi) is 7.30. The molecule has 0 saturated heterocycles. The first-order valence-corrected chi connectivity index (χ1v) is 11.0. The Balaban J connectivity index is 1.57. The third-order valence-electron chi connectivity index (χ3n) is 4.03. The number of carbonyl (C=O) groups excluding carboxylic acids is 2. The summed E-state index contributed by atoms with van der Waals surface area (Å²) in [5.41, 5.74) is 3.16. The maximum absolute atomic E-state index is 12.5. The zero-order chi connectivity index (χ0) is 21.7. The van der Waals surface area contributed by atoms with Gasteiger partial charge in [0.1, 0.15) is 5.75 Å². The number of nitrogens with one attached hydrogen (secondary N) is 2. The normalized spacial score (nSPS) is 10.5. The lowest BCUT2D eigenvalue weighted by molar-refractivity contribution is -0.113. The van der Waals surface area contributed by atoms with E-state index >= 15 is 0 Å². The van der Waals surface area contributed by atoms with Gasteiger partial charge in [0.25, 0.3) is 5.91 Å². The molecule has 2 amide bonds. The Bertz CT molecular complexity index is 1090. The molecular weight excluding hydrogens is 444 g/mol. The highest BCUT2D eigenvalue weighted by Gasteiger charge is 2.16. The Hall–Kier alpha value is -2.62. The fourth-order valence-electron chi connectivity index (χ4n) is 2.52. The van der Waals surface area contributed by atoms with E-state index in [9.17, 15) is 9.59 Å². The second kappa shape index (κ2) is 9.92. The molecule has 2 aromatic carbocycles. The summed E-state index contributed by atoms with van der Waals surface area (Å²) >= 11 is 8.40. The van der Waals surface area contributed by atoms with E-state index in [2.05, 4.69) is 20.8 Å². The van der Waals surface area contributed by atoms with Crippen molar-refractivity contribution in [2.24, 2.45) is 0 Å². The number of rotatable bonds is 7. The largest absolute Gasteiger partial charge is 0.496 e. The molecule has 0 aliphatic rings. The van der Waals surface area contributed by atoms with Crippen LogP contribution in [0.5, 0.6) is 5.75 Å². The van der Waals surface area contributed by atoms with Gasteiger partial charge in [0.05, 0.1) is 18.4 Å². The van der Waals surface area contributed by atoms with Gasteiger partial charge in [0.15, 0.2) is 4.34 Å². The van der Waals surface area contributed by atoms with Crippen LogP contribution in [0.3, 0.4) is 0 Å². The van der Waals surface area contributed by atoms with Gasteiger partial charge >= 0.3 is 0 Å². The van der Waals surface area contributed by atoms with Crippen LogP contribution >= 0.6 is 34.7 Å².